The second-order valence-electron chi connectivity index (χ2n) is 6.99. The van der Waals surface area contributed by atoms with Crippen LogP contribution in [0.2, 0.25) is 0 Å². The number of carbonyl (C=O) groups excluding carboxylic acids is 1. The first-order chi connectivity index (χ1) is 13.2. The van der Waals surface area contributed by atoms with Crippen LogP contribution in [-0.2, 0) is 12.8 Å². The Bertz CT molecular complexity index is 976. The Balaban J connectivity index is 1.71. The van der Waals surface area contributed by atoms with E-state index in [0.29, 0.717) is 22.7 Å². The number of anilines is 1. The Hall–Kier alpha value is -2.40. The van der Waals surface area contributed by atoms with Gasteiger partial charge in [-0.2, -0.15) is 0 Å². The lowest BCUT2D eigenvalue weighted by Gasteiger charge is -2.12. The fourth-order valence-corrected chi connectivity index (χ4v) is 4.74. The Morgan fingerprint density at radius 3 is 2.63 bits per heavy atom. The summed E-state index contributed by atoms with van der Waals surface area (Å²) in [6.07, 6.45) is 7.00. The maximum Gasteiger partial charge on any atom is 0.205 e. The molecular formula is C22H24N2O2S. The third-order valence-electron chi connectivity index (χ3n) is 5.13. The number of carbonyl (C=O) groups is 1. The molecule has 0 fully saturated rings. The van der Waals surface area contributed by atoms with Crippen LogP contribution in [0.3, 0.4) is 0 Å². The van der Waals surface area contributed by atoms with Crippen LogP contribution in [0.5, 0.6) is 5.75 Å². The molecule has 2 heterocycles. The number of rotatable bonds is 4. The quantitative estimate of drug-likeness (QED) is 0.634. The average molecular weight is 381 g/mol. The van der Waals surface area contributed by atoms with Gasteiger partial charge >= 0.3 is 0 Å². The van der Waals surface area contributed by atoms with Crippen molar-refractivity contribution in [2.45, 2.75) is 45.4 Å². The second kappa shape index (κ2) is 7.69. The number of aryl methyl sites for hydroxylation is 2. The molecule has 5 heteroatoms. The molecule has 2 aromatic heterocycles. The lowest BCUT2D eigenvalue weighted by Crippen LogP contribution is -2.03. The smallest absolute Gasteiger partial charge is 0.205 e. The lowest BCUT2D eigenvalue weighted by molar-refractivity contribution is 0.104. The molecule has 140 valence electrons. The molecular weight excluding hydrogens is 356 g/mol. The third-order valence-corrected chi connectivity index (χ3v) is 6.25. The van der Waals surface area contributed by atoms with Crippen LogP contribution in [0.4, 0.5) is 5.69 Å². The van der Waals surface area contributed by atoms with E-state index in [1.807, 2.05) is 19.1 Å². The van der Waals surface area contributed by atoms with Gasteiger partial charge in [-0.1, -0.05) is 12.8 Å². The van der Waals surface area contributed by atoms with Gasteiger partial charge in [0.2, 0.25) is 5.78 Å². The van der Waals surface area contributed by atoms with Crippen LogP contribution in [0.15, 0.2) is 30.3 Å². The fourth-order valence-electron chi connectivity index (χ4n) is 3.68. The molecule has 3 aromatic rings. The van der Waals surface area contributed by atoms with E-state index in [-0.39, 0.29) is 5.78 Å². The minimum Gasteiger partial charge on any atom is -0.494 e. The van der Waals surface area contributed by atoms with Gasteiger partial charge in [-0.25, -0.2) is 4.98 Å². The Kier molecular flexibility index (Phi) is 5.12. The molecule has 0 amide bonds. The zero-order chi connectivity index (χ0) is 18.8. The van der Waals surface area contributed by atoms with E-state index in [4.69, 9.17) is 15.5 Å². The maximum atomic E-state index is 13.0. The number of nitrogen functional groups attached to an aromatic ring is 1. The molecule has 0 aliphatic heterocycles. The molecule has 0 unspecified atom stereocenters. The maximum absolute atomic E-state index is 13.0. The van der Waals surface area contributed by atoms with Gasteiger partial charge in [-0.3, -0.25) is 4.79 Å². The summed E-state index contributed by atoms with van der Waals surface area (Å²) in [5, 5.41) is 0.925. The number of hydrogen-bond donors (Lipinski definition) is 1. The largest absolute Gasteiger partial charge is 0.494 e. The van der Waals surface area contributed by atoms with E-state index in [0.717, 1.165) is 28.8 Å². The highest BCUT2D eigenvalue weighted by atomic mass is 32.1. The molecule has 4 rings (SSSR count). The molecule has 0 atom stereocenters. The number of hydrogen-bond acceptors (Lipinski definition) is 5. The lowest BCUT2D eigenvalue weighted by atomic mass is 9.96. The molecule has 0 saturated heterocycles. The van der Waals surface area contributed by atoms with Crippen molar-refractivity contribution in [1.29, 1.82) is 0 Å². The molecule has 27 heavy (non-hydrogen) atoms. The van der Waals surface area contributed by atoms with Crippen LogP contribution in [0, 0.1) is 0 Å². The first kappa shape index (κ1) is 18.0. The van der Waals surface area contributed by atoms with E-state index < -0.39 is 0 Å². The number of fused-ring (bicyclic) bond motifs is 2. The topological polar surface area (TPSA) is 65.2 Å². The van der Waals surface area contributed by atoms with Crippen LogP contribution in [0.25, 0.3) is 10.2 Å². The van der Waals surface area contributed by atoms with Gasteiger partial charge in [0.05, 0.1) is 12.3 Å². The number of aromatic nitrogens is 1. The molecule has 1 aliphatic rings. The van der Waals surface area contributed by atoms with Crippen LogP contribution in [0.1, 0.15) is 59.1 Å². The summed E-state index contributed by atoms with van der Waals surface area (Å²) in [5.41, 5.74) is 10.0. The summed E-state index contributed by atoms with van der Waals surface area (Å²) >= 11 is 1.41. The predicted molar refractivity (Wildman–Crippen MR) is 111 cm³/mol. The zero-order valence-corrected chi connectivity index (χ0v) is 16.4. The van der Waals surface area contributed by atoms with E-state index in [1.165, 1.54) is 48.3 Å². The van der Waals surface area contributed by atoms with Crippen LogP contribution < -0.4 is 10.5 Å². The van der Waals surface area contributed by atoms with Crippen LogP contribution in [-0.4, -0.2) is 17.4 Å². The Morgan fingerprint density at radius 2 is 1.89 bits per heavy atom. The van der Waals surface area contributed by atoms with E-state index in [2.05, 4.69) is 6.07 Å². The van der Waals surface area contributed by atoms with Crippen molar-refractivity contribution in [3.05, 3.63) is 52.0 Å². The number of benzene rings is 1. The fraction of sp³-hybridized carbons (Fsp3) is 0.364. The molecule has 1 aromatic carbocycles. The first-order valence-electron chi connectivity index (χ1n) is 9.65. The zero-order valence-electron chi connectivity index (χ0n) is 15.6. The van der Waals surface area contributed by atoms with E-state index in [1.54, 1.807) is 12.1 Å². The standard InChI is InChI=1S/C22H24N2O2S/c1-2-26-16-11-9-14(10-12-16)20(25)21-19(23)17-13-15-7-5-3-4-6-8-18(15)24-22(17)27-21/h9-13H,2-8,23H2,1H3. The number of nitrogens with two attached hydrogens (primary N) is 1. The molecule has 2 N–H and O–H groups in total. The van der Waals surface area contributed by atoms with Gasteiger partial charge in [0.15, 0.2) is 0 Å². The van der Waals surface area contributed by atoms with Crippen molar-refractivity contribution in [2.24, 2.45) is 0 Å². The monoisotopic (exact) mass is 380 g/mol. The molecule has 4 nitrogen and oxygen atoms in total. The van der Waals surface area contributed by atoms with E-state index in [9.17, 15) is 4.79 Å². The SMILES string of the molecule is CCOc1ccc(C(=O)c2sc3nc4c(cc3c2N)CCCCCC4)cc1. The summed E-state index contributed by atoms with van der Waals surface area (Å²) < 4.78 is 5.45. The number of pyridine rings is 1. The summed E-state index contributed by atoms with van der Waals surface area (Å²) in [6.45, 7) is 2.54. The Morgan fingerprint density at radius 1 is 1.15 bits per heavy atom. The van der Waals surface area contributed by atoms with E-state index >= 15 is 0 Å². The highest BCUT2D eigenvalue weighted by Gasteiger charge is 2.21. The minimum absolute atomic E-state index is 0.0500. The highest BCUT2D eigenvalue weighted by molar-refractivity contribution is 7.21. The van der Waals surface area contributed by atoms with Crippen molar-refractivity contribution in [3.63, 3.8) is 0 Å². The van der Waals surface area contributed by atoms with Crippen molar-refractivity contribution < 1.29 is 9.53 Å². The molecule has 0 saturated carbocycles. The predicted octanol–water partition coefficient (Wildman–Crippen LogP) is 5.17. The number of ketones is 1. The first-order valence-corrected chi connectivity index (χ1v) is 10.5. The van der Waals surface area contributed by atoms with Crippen molar-refractivity contribution in [3.8, 4) is 5.75 Å². The summed E-state index contributed by atoms with van der Waals surface area (Å²) in [7, 11) is 0. The summed E-state index contributed by atoms with van der Waals surface area (Å²) in [6, 6.07) is 9.41. The van der Waals surface area contributed by atoms with Gasteiger partial charge in [-0.05, 0) is 68.5 Å². The Labute approximate surface area is 163 Å². The van der Waals surface area contributed by atoms with Gasteiger partial charge in [0.1, 0.15) is 15.5 Å². The minimum atomic E-state index is -0.0500. The average Bonchev–Trinajstić information content (AvgIpc) is 2.98. The van der Waals surface area contributed by atoms with Crippen LogP contribution >= 0.6 is 11.3 Å². The van der Waals surface area contributed by atoms with Gasteiger partial charge < -0.3 is 10.5 Å². The van der Waals surface area contributed by atoms with Crippen molar-refractivity contribution >= 4 is 33.0 Å². The second-order valence-corrected chi connectivity index (χ2v) is 7.99. The third kappa shape index (κ3) is 3.56. The molecule has 0 spiro atoms. The van der Waals surface area contributed by atoms with Gasteiger partial charge in [0, 0.05) is 16.6 Å². The number of ether oxygens (including phenoxy) is 1. The van der Waals surface area contributed by atoms with Crippen molar-refractivity contribution in [2.75, 3.05) is 12.3 Å². The summed E-state index contributed by atoms with van der Waals surface area (Å²) in [4.78, 5) is 19.3. The van der Waals surface area contributed by atoms with Crippen molar-refractivity contribution in [1.82, 2.24) is 4.98 Å². The molecule has 0 bridgehead atoms. The highest BCUT2D eigenvalue weighted by Crippen LogP contribution is 2.36. The normalized spacial score (nSPS) is 14.4. The molecule has 0 radical (unpaired) electrons. The number of thiophene rings is 1. The number of nitrogens with zero attached hydrogens (tertiary/aromatic N) is 1. The van der Waals surface area contributed by atoms with Gasteiger partial charge in [0.25, 0.3) is 0 Å². The molecule has 1 aliphatic carbocycles. The van der Waals surface area contributed by atoms with Gasteiger partial charge in [-0.15, -0.1) is 11.3 Å². The summed E-state index contributed by atoms with van der Waals surface area (Å²) in [5.74, 6) is 0.714.